The first-order chi connectivity index (χ1) is 9.95. The van der Waals surface area contributed by atoms with Gasteiger partial charge < -0.3 is 14.9 Å². The molecule has 0 spiro atoms. The Kier molecular flexibility index (Phi) is 5.61. The first-order valence-electron chi connectivity index (χ1n) is 7.11. The van der Waals surface area contributed by atoms with Gasteiger partial charge in [0.1, 0.15) is 0 Å². The van der Waals surface area contributed by atoms with E-state index in [9.17, 15) is 4.79 Å². The zero-order valence-electron chi connectivity index (χ0n) is 12.5. The minimum atomic E-state index is -0.887. The number of likely N-dealkylation sites (N-methyl/N-ethyl adjacent to an activating group) is 1. The molecule has 2 rings (SSSR count). The predicted octanol–water partition coefficient (Wildman–Crippen LogP) is 1.83. The molecule has 0 aliphatic carbocycles. The smallest absolute Gasteiger partial charge is 0.335 e. The molecule has 0 unspecified atom stereocenters. The van der Waals surface area contributed by atoms with Gasteiger partial charge in [-0.2, -0.15) is 0 Å². The van der Waals surface area contributed by atoms with Gasteiger partial charge in [0.25, 0.3) is 0 Å². The van der Waals surface area contributed by atoms with Gasteiger partial charge >= 0.3 is 5.97 Å². The standard InChI is InChI=1S/C15H22BrN3O2/c1-17(2)3-4-18-5-7-19(8-6-18)14-10-12(15(20)21)9-13(16)11-14/h9-11H,3-8H2,1-2H3,(H,20,21). The van der Waals surface area contributed by atoms with E-state index < -0.39 is 5.97 Å². The van der Waals surface area contributed by atoms with Gasteiger partial charge in [-0.1, -0.05) is 15.9 Å². The van der Waals surface area contributed by atoms with Crippen LogP contribution in [0, 0.1) is 0 Å². The molecule has 0 bridgehead atoms. The van der Waals surface area contributed by atoms with Crippen molar-refractivity contribution in [2.45, 2.75) is 0 Å². The SMILES string of the molecule is CN(C)CCN1CCN(c2cc(Br)cc(C(=O)O)c2)CC1. The fourth-order valence-electron chi connectivity index (χ4n) is 2.45. The second-order valence-corrected chi connectivity index (χ2v) is 6.55. The highest BCUT2D eigenvalue weighted by atomic mass is 79.9. The van der Waals surface area contributed by atoms with Crippen LogP contribution in [0.15, 0.2) is 22.7 Å². The number of hydrogen-bond acceptors (Lipinski definition) is 4. The van der Waals surface area contributed by atoms with Crippen molar-refractivity contribution < 1.29 is 9.90 Å². The zero-order chi connectivity index (χ0) is 15.4. The summed E-state index contributed by atoms with van der Waals surface area (Å²) in [6, 6.07) is 5.38. The number of halogens is 1. The number of benzene rings is 1. The number of nitrogens with zero attached hydrogens (tertiary/aromatic N) is 3. The Balaban J connectivity index is 1.97. The summed E-state index contributed by atoms with van der Waals surface area (Å²) in [5.74, 6) is -0.887. The number of rotatable bonds is 5. The number of hydrogen-bond donors (Lipinski definition) is 1. The topological polar surface area (TPSA) is 47.0 Å². The zero-order valence-corrected chi connectivity index (χ0v) is 14.1. The Bertz CT molecular complexity index is 500. The molecule has 1 aliphatic rings. The lowest BCUT2D eigenvalue weighted by Crippen LogP contribution is -2.48. The van der Waals surface area contributed by atoms with Gasteiger partial charge in [0.05, 0.1) is 5.56 Å². The summed E-state index contributed by atoms with van der Waals surface area (Å²) in [4.78, 5) is 18.0. The van der Waals surface area contributed by atoms with Crippen LogP contribution in [0.4, 0.5) is 5.69 Å². The van der Waals surface area contributed by atoms with E-state index in [2.05, 4.69) is 44.7 Å². The van der Waals surface area contributed by atoms with Gasteiger partial charge in [-0.3, -0.25) is 4.90 Å². The van der Waals surface area contributed by atoms with Crippen LogP contribution in [0.3, 0.4) is 0 Å². The van der Waals surface area contributed by atoms with E-state index in [-0.39, 0.29) is 0 Å². The van der Waals surface area contributed by atoms with Crippen LogP contribution in [0.5, 0.6) is 0 Å². The van der Waals surface area contributed by atoms with E-state index in [1.807, 2.05) is 6.07 Å². The van der Waals surface area contributed by atoms with E-state index >= 15 is 0 Å². The van der Waals surface area contributed by atoms with E-state index in [0.717, 1.165) is 49.4 Å². The molecule has 1 saturated heterocycles. The van der Waals surface area contributed by atoms with Gasteiger partial charge in [0.15, 0.2) is 0 Å². The van der Waals surface area contributed by atoms with Crippen molar-refractivity contribution in [3.05, 3.63) is 28.2 Å². The van der Waals surface area contributed by atoms with Crippen molar-refractivity contribution in [2.75, 3.05) is 58.3 Å². The molecule has 21 heavy (non-hydrogen) atoms. The van der Waals surface area contributed by atoms with Crippen LogP contribution in [-0.4, -0.2) is 74.2 Å². The van der Waals surface area contributed by atoms with Crippen LogP contribution < -0.4 is 4.90 Å². The molecule has 116 valence electrons. The van der Waals surface area contributed by atoms with Crippen LogP contribution in [0.2, 0.25) is 0 Å². The summed E-state index contributed by atoms with van der Waals surface area (Å²) >= 11 is 3.39. The fourth-order valence-corrected chi connectivity index (χ4v) is 2.93. The first-order valence-corrected chi connectivity index (χ1v) is 7.91. The molecule has 1 aromatic rings. The monoisotopic (exact) mass is 355 g/mol. The quantitative estimate of drug-likeness (QED) is 0.872. The van der Waals surface area contributed by atoms with Crippen molar-refractivity contribution >= 4 is 27.6 Å². The molecule has 1 N–H and O–H groups in total. The molecular formula is C15H22BrN3O2. The third kappa shape index (κ3) is 4.69. The second-order valence-electron chi connectivity index (χ2n) is 5.64. The summed E-state index contributed by atoms with van der Waals surface area (Å²) in [6.45, 7) is 6.05. The van der Waals surface area contributed by atoms with E-state index in [1.165, 1.54) is 0 Å². The van der Waals surface area contributed by atoms with Crippen molar-refractivity contribution in [2.24, 2.45) is 0 Å². The molecule has 0 aromatic heterocycles. The molecular weight excluding hydrogens is 334 g/mol. The molecule has 0 amide bonds. The number of carboxylic acids is 1. The van der Waals surface area contributed by atoms with Crippen molar-refractivity contribution in [3.8, 4) is 0 Å². The van der Waals surface area contributed by atoms with Crippen molar-refractivity contribution in [3.63, 3.8) is 0 Å². The molecule has 0 radical (unpaired) electrons. The van der Waals surface area contributed by atoms with Gasteiger partial charge in [-0.15, -0.1) is 0 Å². The Morgan fingerprint density at radius 1 is 1.24 bits per heavy atom. The highest BCUT2D eigenvalue weighted by Crippen LogP contribution is 2.24. The second kappa shape index (κ2) is 7.24. The van der Waals surface area contributed by atoms with Gasteiger partial charge in [-0.05, 0) is 32.3 Å². The Hall–Kier alpha value is -1.11. The molecule has 0 saturated carbocycles. The number of piperazine rings is 1. The summed E-state index contributed by atoms with van der Waals surface area (Å²) in [7, 11) is 4.18. The number of carbonyl (C=O) groups is 1. The maximum Gasteiger partial charge on any atom is 0.335 e. The lowest BCUT2D eigenvalue weighted by Gasteiger charge is -2.36. The molecule has 5 nitrogen and oxygen atoms in total. The molecule has 0 atom stereocenters. The normalized spacial score (nSPS) is 16.5. The Morgan fingerprint density at radius 3 is 2.48 bits per heavy atom. The molecule has 1 fully saturated rings. The lowest BCUT2D eigenvalue weighted by molar-refractivity contribution is 0.0697. The lowest BCUT2D eigenvalue weighted by atomic mass is 10.1. The van der Waals surface area contributed by atoms with Crippen molar-refractivity contribution in [1.29, 1.82) is 0 Å². The van der Waals surface area contributed by atoms with Crippen LogP contribution >= 0.6 is 15.9 Å². The summed E-state index contributed by atoms with van der Waals surface area (Å²) in [5, 5.41) is 9.14. The number of anilines is 1. The first kappa shape index (κ1) is 16.3. The maximum atomic E-state index is 11.1. The fraction of sp³-hybridized carbons (Fsp3) is 0.533. The number of aromatic carboxylic acids is 1. The minimum absolute atomic E-state index is 0.328. The number of carboxylic acid groups (broad SMARTS) is 1. The molecule has 1 aliphatic heterocycles. The van der Waals surface area contributed by atoms with E-state index in [1.54, 1.807) is 12.1 Å². The summed E-state index contributed by atoms with van der Waals surface area (Å²) in [6.07, 6.45) is 0. The largest absolute Gasteiger partial charge is 0.478 e. The van der Waals surface area contributed by atoms with Gasteiger partial charge in [-0.25, -0.2) is 4.79 Å². The maximum absolute atomic E-state index is 11.1. The average molecular weight is 356 g/mol. The van der Waals surface area contributed by atoms with E-state index in [0.29, 0.717) is 5.56 Å². The average Bonchev–Trinajstić information content (AvgIpc) is 2.45. The molecule has 6 heteroatoms. The molecule has 1 heterocycles. The van der Waals surface area contributed by atoms with Gasteiger partial charge in [0.2, 0.25) is 0 Å². The minimum Gasteiger partial charge on any atom is -0.478 e. The van der Waals surface area contributed by atoms with Crippen LogP contribution in [0.25, 0.3) is 0 Å². The Morgan fingerprint density at radius 2 is 1.90 bits per heavy atom. The predicted molar refractivity (Wildman–Crippen MR) is 88.3 cm³/mol. The highest BCUT2D eigenvalue weighted by molar-refractivity contribution is 9.10. The third-order valence-electron chi connectivity index (χ3n) is 3.73. The summed E-state index contributed by atoms with van der Waals surface area (Å²) in [5.41, 5.74) is 1.31. The molecule has 1 aromatic carbocycles. The van der Waals surface area contributed by atoms with Crippen LogP contribution in [-0.2, 0) is 0 Å². The van der Waals surface area contributed by atoms with E-state index in [4.69, 9.17) is 5.11 Å². The highest BCUT2D eigenvalue weighted by Gasteiger charge is 2.18. The van der Waals surface area contributed by atoms with Crippen LogP contribution in [0.1, 0.15) is 10.4 Å². The van der Waals surface area contributed by atoms with Gasteiger partial charge in [0, 0.05) is 49.4 Å². The van der Waals surface area contributed by atoms with Crippen molar-refractivity contribution in [1.82, 2.24) is 9.80 Å². The third-order valence-corrected chi connectivity index (χ3v) is 4.19. The summed E-state index contributed by atoms with van der Waals surface area (Å²) < 4.78 is 0.812. The Labute approximate surface area is 134 Å².